The van der Waals surface area contributed by atoms with Crippen molar-refractivity contribution in [1.82, 2.24) is 10.2 Å². The molecule has 0 heterocycles. The van der Waals surface area contributed by atoms with E-state index in [1.165, 1.54) is 10.8 Å². The van der Waals surface area contributed by atoms with Crippen LogP contribution in [0.4, 0.5) is 0 Å². The van der Waals surface area contributed by atoms with Crippen molar-refractivity contribution in [3.05, 3.63) is 77.9 Å². The van der Waals surface area contributed by atoms with Crippen molar-refractivity contribution in [3.63, 3.8) is 0 Å². The van der Waals surface area contributed by atoms with Crippen LogP contribution in [0, 0.1) is 0 Å². The second-order valence-electron chi connectivity index (χ2n) is 7.83. The van der Waals surface area contributed by atoms with Crippen molar-refractivity contribution in [2.24, 2.45) is 0 Å². The summed E-state index contributed by atoms with van der Waals surface area (Å²) < 4.78 is 5.24. The number of methoxy groups -OCH3 is 1. The van der Waals surface area contributed by atoms with Crippen molar-refractivity contribution < 1.29 is 14.3 Å². The van der Waals surface area contributed by atoms with E-state index in [4.69, 9.17) is 4.74 Å². The molecule has 5 nitrogen and oxygen atoms in total. The Hall–Kier alpha value is -3.34. The standard InChI is InChI=1S/C27H32N2O3/c1-4-25(27(31)28-5-2)29(19-20-13-16-23(32-3)17-14-20)26(30)18-15-22-11-8-10-21-9-6-7-12-24(21)22/h6-14,16-17,25H,4-5,15,18-19H2,1-3H3,(H,28,31). The first-order valence-corrected chi connectivity index (χ1v) is 11.2. The first-order valence-electron chi connectivity index (χ1n) is 11.2. The zero-order valence-electron chi connectivity index (χ0n) is 19.1. The minimum Gasteiger partial charge on any atom is -0.497 e. The van der Waals surface area contributed by atoms with Crippen molar-refractivity contribution >= 4 is 22.6 Å². The lowest BCUT2D eigenvalue weighted by molar-refractivity contribution is -0.141. The number of nitrogens with one attached hydrogen (secondary N) is 1. The van der Waals surface area contributed by atoms with Gasteiger partial charge in [0, 0.05) is 19.5 Å². The Morgan fingerprint density at radius 3 is 2.38 bits per heavy atom. The van der Waals surface area contributed by atoms with Gasteiger partial charge in [-0.25, -0.2) is 0 Å². The van der Waals surface area contributed by atoms with E-state index in [0.29, 0.717) is 32.4 Å². The summed E-state index contributed by atoms with van der Waals surface area (Å²) in [4.78, 5) is 27.9. The van der Waals surface area contributed by atoms with Gasteiger partial charge in [0.05, 0.1) is 7.11 Å². The van der Waals surface area contributed by atoms with E-state index in [-0.39, 0.29) is 11.8 Å². The lowest BCUT2D eigenvalue weighted by atomic mass is 10.00. The molecule has 0 aliphatic rings. The molecule has 0 aliphatic carbocycles. The molecule has 0 fully saturated rings. The second kappa shape index (κ2) is 11.3. The predicted octanol–water partition coefficient (Wildman–Crippen LogP) is 4.72. The fraction of sp³-hybridized carbons (Fsp3) is 0.333. The number of likely N-dealkylation sites (N-methyl/N-ethyl adjacent to an activating group) is 1. The SMILES string of the molecule is CCNC(=O)C(CC)N(Cc1ccc(OC)cc1)C(=O)CCc1cccc2ccccc12. The van der Waals surface area contributed by atoms with Crippen LogP contribution in [0.2, 0.25) is 0 Å². The number of fused-ring (bicyclic) bond motifs is 1. The van der Waals surface area contributed by atoms with E-state index in [9.17, 15) is 9.59 Å². The number of hydrogen-bond acceptors (Lipinski definition) is 3. The number of ether oxygens (including phenoxy) is 1. The Bertz CT molecular complexity index is 1040. The van der Waals surface area contributed by atoms with Gasteiger partial charge in [-0.3, -0.25) is 9.59 Å². The number of rotatable bonds is 10. The summed E-state index contributed by atoms with van der Waals surface area (Å²) in [7, 11) is 1.63. The summed E-state index contributed by atoms with van der Waals surface area (Å²) in [5, 5.41) is 5.22. The second-order valence-corrected chi connectivity index (χ2v) is 7.83. The van der Waals surface area contributed by atoms with E-state index >= 15 is 0 Å². The highest BCUT2D eigenvalue weighted by Crippen LogP contribution is 2.22. The lowest BCUT2D eigenvalue weighted by Gasteiger charge is -2.30. The Morgan fingerprint density at radius 2 is 1.69 bits per heavy atom. The molecule has 0 saturated carbocycles. The fourth-order valence-corrected chi connectivity index (χ4v) is 4.03. The molecule has 32 heavy (non-hydrogen) atoms. The molecule has 168 valence electrons. The molecule has 0 saturated heterocycles. The van der Waals surface area contributed by atoms with Crippen LogP contribution < -0.4 is 10.1 Å². The monoisotopic (exact) mass is 432 g/mol. The van der Waals surface area contributed by atoms with E-state index in [2.05, 4.69) is 29.6 Å². The third-order valence-electron chi connectivity index (χ3n) is 5.74. The number of benzene rings is 3. The zero-order chi connectivity index (χ0) is 22.9. The fourth-order valence-electron chi connectivity index (χ4n) is 4.03. The minimum atomic E-state index is -0.503. The van der Waals surface area contributed by atoms with Crippen LogP contribution in [0.15, 0.2) is 66.7 Å². The van der Waals surface area contributed by atoms with Crippen LogP contribution >= 0.6 is 0 Å². The first-order chi connectivity index (χ1) is 15.6. The van der Waals surface area contributed by atoms with E-state index in [1.807, 2.05) is 56.3 Å². The van der Waals surface area contributed by atoms with Crippen molar-refractivity contribution in [1.29, 1.82) is 0 Å². The third kappa shape index (κ3) is 5.67. The van der Waals surface area contributed by atoms with E-state index in [1.54, 1.807) is 12.0 Å². The van der Waals surface area contributed by atoms with Gasteiger partial charge in [0.2, 0.25) is 11.8 Å². The van der Waals surface area contributed by atoms with Gasteiger partial charge in [0.25, 0.3) is 0 Å². The van der Waals surface area contributed by atoms with E-state index in [0.717, 1.165) is 16.9 Å². The summed E-state index contributed by atoms with van der Waals surface area (Å²) in [6.45, 7) is 4.75. The highest BCUT2D eigenvalue weighted by Gasteiger charge is 2.28. The van der Waals surface area contributed by atoms with Gasteiger partial charge in [-0.1, -0.05) is 61.5 Å². The quantitative estimate of drug-likeness (QED) is 0.504. The van der Waals surface area contributed by atoms with E-state index < -0.39 is 6.04 Å². The average molecular weight is 433 g/mol. The number of amides is 2. The maximum atomic E-state index is 13.4. The molecule has 2 amide bonds. The molecule has 1 unspecified atom stereocenters. The molecule has 3 aromatic carbocycles. The molecular formula is C27H32N2O3. The molecule has 3 aromatic rings. The van der Waals surface area contributed by atoms with Crippen LogP contribution in [-0.4, -0.2) is 36.4 Å². The Kier molecular flexibility index (Phi) is 8.26. The molecule has 0 aliphatic heterocycles. The van der Waals surface area contributed by atoms with Crippen LogP contribution in [0.1, 0.15) is 37.8 Å². The lowest BCUT2D eigenvalue weighted by Crippen LogP contribution is -2.49. The molecular weight excluding hydrogens is 400 g/mol. The molecule has 5 heteroatoms. The molecule has 0 bridgehead atoms. The maximum Gasteiger partial charge on any atom is 0.242 e. The largest absolute Gasteiger partial charge is 0.497 e. The minimum absolute atomic E-state index is 0.0214. The summed E-state index contributed by atoms with van der Waals surface area (Å²) in [6.07, 6.45) is 1.53. The molecule has 0 spiro atoms. The summed E-state index contributed by atoms with van der Waals surface area (Å²) >= 11 is 0. The average Bonchev–Trinajstić information content (AvgIpc) is 2.83. The van der Waals surface area contributed by atoms with Gasteiger partial charge in [-0.15, -0.1) is 0 Å². The first kappa shape index (κ1) is 23.3. The van der Waals surface area contributed by atoms with Gasteiger partial charge in [-0.05, 0) is 53.8 Å². The van der Waals surface area contributed by atoms with Crippen molar-refractivity contribution in [2.45, 2.75) is 45.7 Å². The van der Waals surface area contributed by atoms with Gasteiger partial charge in [0.15, 0.2) is 0 Å². The summed E-state index contributed by atoms with van der Waals surface area (Å²) in [5.41, 5.74) is 2.11. The topological polar surface area (TPSA) is 58.6 Å². The van der Waals surface area contributed by atoms with Crippen LogP contribution in [-0.2, 0) is 22.6 Å². The molecule has 0 aromatic heterocycles. The maximum absolute atomic E-state index is 13.4. The third-order valence-corrected chi connectivity index (χ3v) is 5.74. The normalized spacial score (nSPS) is 11.7. The molecule has 3 rings (SSSR count). The van der Waals surface area contributed by atoms with Gasteiger partial charge in [0.1, 0.15) is 11.8 Å². The number of aryl methyl sites for hydroxylation is 1. The number of carbonyl (C=O) groups excluding carboxylic acids is 2. The van der Waals surface area contributed by atoms with Gasteiger partial charge in [-0.2, -0.15) is 0 Å². The van der Waals surface area contributed by atoms with Gasteiger partial charge >= 0.3 is 0 Å². The highest BCUT2D eigenvalue weighted by molar-refractivity contribution is 5.89. The van der Waals surface area contributed by atoms with Gasteiger partial charge < -0.3 is 15.0 Å². The van der Waals surface area contributed by atoms with Crippen molar-refractivity contribution in [2.75, 3.05) is 13.7 Å². The molecule has 1 N–H and O–H groups in total. The number of hydrogen-bond donors (Lipinski definition) is 1. The summed E-state index contributed by atoms with van der Waals surface area (Å²) in [5.74, 6) is 0.632. The Labute approximate surface area is 190 Å². The Morgan fingerprint density at radius 1 is 0.969 bits per heavy atom. The summed E-state index contributed by atoms with van der Waals surface area (Å²) in [6, 6.07) is 21.5. The Balaban J connectivity index is 1.81. The molecule has 0 radical (unpaired) electrons. The van der Waals surface area contributed by atoms with Crippen LogP contribution in [0.5, 0.6) is 5.75 Å². The van der Waals surface area contributed by atoms with Crippen LogP contribution in [0.25, 0.3) is 10.8 Å². The van der Waals surface area contributed by atoms with Crippen LogP contribution in [0.3, 0.4) is 0 Å². The predicted molar refractivity (Wildman–Crippen MR) is 129 cm³/mol. The number of nitrogens with zero attached hydrogens (tertiary/aromatic N) is 1. The highest BCUT2D eigenvalue weighted by atomic mass is 16.5. The molecule has 1 atom stereocenters. The zero-order valence-corrected chi connectivity index (χ0v) is 19.1. The smallest absolute Gasteiger partial charge is 0.242 e. The van der Waals surface area contributed by atoms with Crippen molar-refractivity contribution in [3.8, 4) is 5.75 Å². The number of carbonyl (C=O) groups is 2.